The van der Waals surface area contributed by atoms with E-state index in [9.17, 15) is 0 Å². The van der Waals surface area contributed by atoms with Crippen molar-refractivity contribution < 1.29 is 14.0 Å². The normalized spacial score (nSPS) is 10.8. The van der Waals surface area contributed by atoms with E-state index in [1.165, 1.54) is 0 Å². The number of methoxy groups -OCH3 is 1. The van der Waals surface area contributed by atoms with Crippen molar-refractivity contribution in [2.45, 2.75) is 20.0 Å². The molecule has 0 aliphatic rings. The average molecular weight is 285 g/mol. The summed E-state index contributed by atoms with van der Waals surface area (Å²) in [6.45, 7) is 2.17. The Morgan fingerprint density at radius 2 is 2.05 bits per heavy atom. The van der Waals surface area contributed by atoms with Crippen LogP contribution in [0.1, 0.15) is 18.6 Å². The summed E-state index contributed by atoms with van der Waals surface area (Å²) < 4.78 is 16.2. The first-order valence-corrected chi connectivity index (χ1v) is 6.66. The minimum atomic E-state index is 0.204. The summed E-state index contributed by atoms with van der Waals surface area (Å²) in [5.74, 6) is 2.39. The van der Waals surface area contributed by atoms with Gasteiger partial charge in [0.2, 0.25) is 0 Å². The van der Waals surface area contributed by atoms with Gasteiger partial charge in [0.05, 0.1) is 7.11 Å². The molecule has 0 saturated carbocycles. The fourth-order valence-electron chi connectivity index (χ4n) is 2.00. The van der Waals surface area contributed by atoms with Crippen LogP contribution in [0.3, 0.4) is 0 Å². The summed E-state index contributed by atoms with van der Waals surface area (Å²) in [4.78, 5) is 8.31. The number of ether oxygens (including phenoxy) is 2. The second-order valence-electron chi connectivity index (χ2n) is 4.47. The fraction of sp³-hybridized carbons (Fsp3) is 0.267. The van der Waals surface area contributed by atoms with E-state index in [0.717, 1.165) is 17.2 Å². The number of hydrogen-bond donors (Lipinski definition) is 0. The van der Waals surface area contributed by atoms with Crippen molar-refractivity contribution in [2.75, 3.05) is 7.11 Å². The molecule has 0 bridgehead atoms. The van der Waals surface area contributed by atoms with E-state index < -0.39 is 0 Å². The maximum atomic E-state index is 5.73. The summed E-state index contributed by atoms with van der Waals surface area (Å²) in [6.07, 6.45) is 4.25. The van der Waals surface area contributed by atoms with Gasteiger partial charge in [0.25, 0.3) is 5.89 Å². The van der Waals surface area contributed by atoms with E-state index in [2.05, 4.69) is 15.1 Å². The third-order valence-electron chi connectivity index (χ3n) is 3.10. The molecule has 2 heterocycles. The zero-order valence-electron chi connectivity index (χ0n) is 11.9. The molecule has 0 saturated heterocycles. The molecule has 0 fully saturated rings. The lowest BCUT2D eigenvalue weighted by molar-refractivity contribution is 0.233. The van der Waals surface area contributed by atoms with Crippen LogP contribution in [0.15, 0.2) is 35.1 Å². The molecule has 108 valence electrons. The molecular formula is C15H15N3O3. The summed E-state index contributed by atoms with van der Waals surface area (Å²) in [5, 5.41) is 5.85. The van der Waals surface area contributed by atoms with Gasteiger partial charge >= 0.3 is 0 Å². The predicted molar refractivity (Wildman–Crippen MR) is 76.3 cm³/mol. The highest BCUT2D eigenvalue weighted by Crippen LogP contribution is 2.32. The van der Waals surface area contributed by atoms with Crippen LogP contribution in [0, 0.1) is 0 Å². The minimum Gasteiger partial charge on any atom is -0.493 e. The van der Waals surface area contributed by atoms with Crippen LogP contribution in [-0.4, -0.2) is 22.2 Å². The minimum absolute atomic E-state index is 0.204. The largest absolute Gasteiger partial charge is 0.493 e. The van der Waals surface area contributed by atoms with Crippen LogP contribution >= 0.6 is 0 Å². The average Bonchev–Trinajstić information content (AvgIpc) is 3.00. The molecule has 0 atom stereocenters. The first-order chi connectivity index (χ1) is 10.3. The Hall–Kier alpha value is -2.63. The SMILES string of the molecule is CCc1noc(COc2cc3cnccc3cc2OC)n1. The van der Waals surface area contributed by atoms with E-state index in [0.29, 0.717) is 23.2 Å². The topological polar surface area (TPSA) is 70.3 Å². The van der Waals surface area contributed by atoms with Gasteiger partial charge in [-0.25, -0.2) is 0 Å². The molecule has 6 heteroatoms. The van der Waals surface area contributed by atoms with Crippen molar-refractivity contribution >= 4 is 10.8 Å². The standard InChI is InChI=1S/C15H15N3O3/c1-3-14-17-15(21-18-14)9-20-13-7-11-8-16-5-4-10(11)6-12(13)19-2/h4-8H,3,9H2,1-2H3. The number of benzene rings is 1. The number of aromatic nitrogens is 3. The highest BCUT2D eigenvalue weighted by molar-refractivity contribution is 5.85. The van der Waals surface area contributed by atoms with Gasteiger partial charge in [0.15, 0.2) is 23.9 Å². The van der Waals surface area contributed by atoms with Crippen LogP contribution < -0.4 is 9.47 Å². The van der Waals surface area contributed by atoms with Gasteiger partial charge in [0.1, 0.15) is 0 Å². The van der Waals surface area contributed by atoms with E-state index in [4.69, 9.17) is 14.0 Å². The third kappa shape index (κ3) is 2.79. The number of nitrogens with zero attached hydrogens (tertiary/aromatic N) is 3. The molecule has 2 aromatic heterocycles. The van der Waals surface area contributed by atoms with Crippen molar-refractivity contribution in [1.82, 2.24) is 15.1 Å². The molecule has 0 N–H and O–H groups in total. The van der Waals surface area contributed by atoms with Crippen LogP contribution in [0.5, 0.6) is 11.5 Å². The number of aryl methyl sites for hydroxylation is 1. The van der Waals surface area contributed by atoms with Crippen LogP contribution in [-0.2, 0) is 13.0 Å². The Kier molecular flexibility index (Phi) is 3.68. The first-order valence-electron chi connectivity index (χ1n) is 6.66. The van der Waals surface area contributed by atoms with E-state index >= 15 is 0 Å². The molecule has 21 heavy (non-hydrogen) atoms. The molecule has 1 aromatic carbocycles. The lowest BCUT2D eigenvalue weighted by Gasteiger charge is -2.10. The molecule has 0 aliphatic carbocycles. The number of fused-ring (bicyclic) bond motifs is 1. The van der Waals surface area contributed by atoms with Crippen LogP contribution in [0.25, 0.3) is 10.8 Å². The molecular weight excluding hydrogens is 270 g/mol. The van der Waals surface area contributed by atoms with Gasteiger partial charge in [-0.2, -0.15) is 4.98 Å². The van der Waals surface area contributed by atoms with Crippen molar-refractivity contribution in [1.29, 1.82) is 0 Å². The summed E-state index contributed by atoms with van der Waals surface area (Å²) in [5.41, 5.74) is 0. The van der Waals surface area contributed by atoms with Gasteiger partial charge in [0, 0.05) is 24.2 Å². The lowest BCUT2D eigenvalue weighted by Crippen LogP contribution is -1.98. The Morgan fingerprint density at radius 1 is 1.19 bits per heavy atom. The molecule has 6 nitrogen and oxygen atoms in total. The Labute approximate surface area is 121 Å². The maximum absolute atomic E-state index is 5.73. The molecule has 0 unspecified atom stereocenters. The second kappa shape index (κ2) is 5.78. The summed E-state index contributed by atoms with van der Waals surface area (Å²) >= 11 is 0. The molecule has 0 radical (unpaired) electrons. The van der Waals surface area contributed by atoms with Crippen molar-refractivity contribution in [2.24, 2.45) is 0 Å². The lowest BCUT2D eigenvalue weighted by atomic mass is 10.1. The van der Waals surface area contributed by atoms with Gasteiger partial charge in [-0.3, -0.25) is 4.98 Å². The van der Waals surface area contributed by atoms with E-state index in [1.54, 1.807) is 19.5 Å². The molecule has 3 aromatic rings. The number of rotatable bonds is 5. The summed E-state index contributed by atoms with van der Waals surface area (Å²) in [7, 11) is 1.61. The molecule has 0 aliphatic heterocycles. The quantitative estimate of drug-likeness (QED) is 0.718. The van der Waals surface area contributed by atoms with Crippen molar-refractivity contribution in [3.05, 3.63) is 42.3 Å². The van der Waals surface area contributed by atoms with Crippen molar-refractivity contribution in [3.8, 4) is 11.5 Å². The number of pyridine rings is 1. The second-order valence-corrected chi connectivity index (χ2v) is 4.47. The zero-order valence-corrected chi connectivity index (χ0v) is 11.9. The smallest absolute Gasteiger partial charge is 0.264 e. The van der Waals surface area contributed by atoms with E-state index in [1.807, 2.05) is 25.1 Å². The third-order valence-corrected chi connectivity index (χ3v) is 3.10. The van der Waals surface area contributed by atoms with Gasteiger partial charge < -0.3 is 14.0 Å². The molecule has 0 amide bonds. The zero-order chi connectivity index (χ0) is 14.7. The summed E-state index contributed by atoms with van der Waals surface area (Å²) in [6, 6.07) is 5.73. The molecule has 0 spiro atoms. The Morgan fingerprint density at radius 3 is 2.81 bits per heavy atom. The fourth-order valence-corrected chi connectivity index (χ4v) is 2.00. The number of hydrogen-bond acceptors (Lipinski definition) is 6. The van der Waals surface area contributed by atoms with Crippen LogP contribution in [0.4, 0.5) is 0 Å². The highest BCUT2D eigenvalue weighted by Gasteiger charge is 2.10. The maximum Gasteiger partial charge on any atom is 0.264 e. The predicted octanol–water partition coefficient (Wildman–Crippen LogP) is 2.77. The van der Waals surface area contributed by atoms with E-state index in [-0.39, 0.29) is 6.61 Å². The Balaban J connectivity index is 1.85. The Bertz CT molecular complexity index is 755. The van der Waals surface area contributed by atoms with Crippen LogP contribution in [0.2, 0.25) is 0 Å². The van der Waals surface area contributed by atoms with Gasteiger partial charge in [-0.05, 0) is 23.6 Å². The van der Waals surface area contributed by atoms with Gasteiger partial charge in [-0.15, -0.1) is 0 Å². The van der Waals surface area contributed by atoms with Crippen molar-refractivity contribution in [3.63, 3.8) is 0 Å². The van der Waals surface area contributed by atoms with Gasteiger partial charge in [-0.1, -0.05) is 12.1 Å². The molecule has 3 rings (SSSR count). The monoisotopic (exact) mass is 285 g/mol. The highest BCUT2D eigenvalue weighted by atomic mass is 16.5. The first kappa shape index (κ1) is 13.4.